The quantitative estimate of drug-likeness (QED) is 0.574. The first-order chi connectivity index (χ1) is 4.43. The molecule has 0 aromatic carbocycles. The molecule has 1 fully saturated rings. The van der Waals surface area contributed by atoms with Gasteiger partial charge in [-0.2, -0.15) is 12.6 Å². The summed E-state index contributed by atoms with van der Waals surface area (Å²) in [5.74, 6) is 0. The summed E-state index contributed by atoms with van der Waals surface area (Å²) in [4.78, 5) is 2.44. The Bertz CT molecular complexity index is 95.1. The summed E-state index contributed by atoms with van der Waals surface area (Å²) < 4.78 is 0. The zero-order valence-corrected chi connectivity index (χ0v) is 6.48. The summed E-state index contributed by atoms with van der Waals surface area (Å²) in [6.07, 6.45) is 4.84. The lowest BCUT2D eigenvalue weighted by Gasteiger charge is -2.09. The van der Waals surface area contributed by atoms with E-state index in [0.717, 1.165) is 6.54 Å². The standard InChI is InChI=1S/C7H13NS/c9-7-3-6-8-4-1-2-5-8/h3,7,9H,1-2,4-6H2. The smallest absolute Gasteiger partial charge is 0.0171 e. The van der Waals surface area contributed by atoms with Crippen molar-refractivity contribution in [2.24, 2.45) is 0 Å². The average Bonchev–Trinajstić information content (AvgIpc) is 2.34. The highest BCUT2D eigenvalue weighted by Crippen LogP contribution is 2.06. The maximum absolute atomic E-state index is 3.99. The molecular weight excluding hydrogens is 130 g/mol. The van der Waals surface area contributed by atoms with Crippen LogP contribution < -0.4 is 0 Å². The van der Waals surface area contributed by atoms with Gasteiger partial charge in [0.2, 0.25) is 0 Å². The van der Waals surface area contributed by atoms with Gasteiger partial charge >= 0.3 is 0 Å². The Labute approximate surface area is 62.1 Å². The third-order valence-electron chi connectivity index (χ3n) is 1.67. The van der Waals surface area contributed by atoms with Crippen molar-refractivity contribution < 1.29 is 0 Å². The fourth-order valence-corrected chi connectivity index (χ4v) is 1.26. The van der Waals surface area contributed by atoms with E-state index < -0.39 is 0 Å². The van der Waals surface area contributed by atoms with Gasteiger partial charge in [0, 0.05) is 6.54 Å². The molecule has 0 saturated carbocycles. The Kier molecular flexibility index (Phi) is 3.15. The lowest BCUT2D eigenvalue weighted by molar-refractivity contribution is 0.377. The molecule has 0 unspecified atom stereocenters. The number of nitrogens with zero attached hydrogens (tertiary/aromatic N) is 1. The molecule has 1 heterocycles. The molecule has 2 heteroatoms. The molecule has 52 valence electrons. The third-order valence-corrected chi connectivity index (χ3v) is 1.88. The van der Waals surface area contributed by atoms with E-state index >= 15 is 0 Å². The van der Waals surface area contributed by atoms with Crippen molar-refractivity contribution >= 4 is 12.6 Å². The van der Waals surface area contributed by atoms with Crippen LogP contribution in [0.4, 0.5) is 0 Å². The van der Waals surface area contributed by atoms with Crippen LogP contribution in [0.15, 0.2) is 11.5 Å². The van der Waals surface area contributed by atoms with Crippen molar-refractivity contribution in [1.82, 2.24) is 4.90 Å². The second-order valence-electron chi connectivity index (χ2n) is 2.39. The fourth-order valence-electron chi connectivity index (χ4n) is 1.16. The Morgan fingerprint density at radius 3 is 2.56 bits per heavy atom. The van der Waals surface area contributed by atoms with Gasteiger partial charge in [-0.15, -0.1) is 0 Å². The molecule has 1 aliphatic heterocycles. The molecular formula is C7H13NS. The molecule has 0 spiro atoms. The molecule has 1 saturated heterocycles. The number of likely N-dealkylation sites (tertiary alicyclic amines) is 1. The number of hydrogen-bond donors (Lipinski definition) is 1. The summed E-state index contributed by atoms with van der Waals surface area (Å²) in [6.45, 7) is 3.64. The Balaban J connectivity index is 2.11. The number of rotatable bonds is 2. The monoisotopic (exact) mass is 143 g/mol. The van der Waals surface area contributed by atoms with Crippen LogP contribution in [0.25, 0.3) is 0 Å². The molecule has 0 N–H and O–H groups in total. The maximum Gasteiger partial charge on any atom is 0.0171 e. The Morgan fingerprint density at radius 2 is 2.00 bits per heavy atom. The van der Waals surface area contributed by atoms with Gasteiger partial charge in [-0.1, -0.05) is 6.08 Å². The summed E-state index contributed by atoms with van der Waals surface area (Å²) in [5.41, 5.74) is 0. The van der Waals surface area contributed by atoms with E-state index in [1.807, 2.05) is 5.41 Å². The summed E-state index contributed by atoms with van der Waals surface area (Å²) in [7, 11) is 0. The van der Waals surface area contributed by atoms with Crippen molar-refractivity contribution in [2.45, 2.75) is 12.8 Å². The number of hydrogen-bond acceptors (Lipinski definition) is 2. The van der Waals surface area contributed by atoms with Crippen LogP contribution in [0.3, 0.4) is 0 Å². The van der Waals surface area contributed by atoms with E-state index in [1.165, 1.54) is 25.9 Å². The van der Waals surface area contributed by atoms with Gasteiger partial charge in [0.05, 0.1) is 0 Å². The SMILES string of the molecule is SC=CCN1CCCC1. The minimum atomic E-state index is 1.09. The van der Waals surface area contributed by atoms with Crippen molar-refractivity contribution in [2.75, 3.05) is 19.6 Å². The highest BCUT2D eigenvalue weighted by atomic mass is 32.1. The lowest BCUT2D eigenvalue weighted by Crippen LogP contribution is -2.18. The van der Waals surface area contributed by atoms with Crippen LogP contribution >= 0.6 is 12.6 Å². The van der Waals surface area contributed by atoms with Gasteiger partial charge < -0.3 is 0 Å². The number of thiol groups is 1. The van der Waals surface area contributed by atoms with Crippen LogP contribution in [0.1, 0.15) is 12.8 Å². The molecule has 0 aromatic rings. The summed E-state index contributed by atoms with van der Waals surface area (Å²) in [6, 6.07) is 0. The lowest BCUT2D eigenvalue weighted by atomic mass is 10.4. The minimum absolute atomic E-state index is 1.09. The van der Waals surface area contributed by atoms with Crippen molar-refractivity contribution in [3.05, 3.63) is 11.5 Å². The van der Waals surface area contributed by atoms with Gasteiger partial charge in [-0.3, -0.25) is 4.90 Å². The molecule has 1 aliphatic rings. The van der Waals surface area contributed by atoms with E-state index in [2.05, 4.69) is 23.6 Å². The van der Waals surface area contributed by atoms with Crippen LogP contribution in [-0.4, -0.2) is 24.5 Å². The zero-order valence-electron chi connectivity index (χ0n) is 5.58. The van der Waals surface area contributed by atoms with E-state index in [1.54, 1.807) is 0 Å². The highest BCUT2D eigenvalue weighted by molar-refractivity contribution is 7.83. The molecule has 0 amide bonds. The minimum Gasteiger partial charge on any atom is -0.300 e. The van der Waals surface area contributed by atoms with Crippen LogP contribution in [-0.2, 0) is 0 Å². The predicted molar refractivity (Wildman–Crippen MR) is 43.8 cm³/mol. The van der Waals surface area contributed by atoms with Gasteiger partial charge in [-0.25, -0.2) is 0 Å². The molecule has 0 atom stereocenters. The van der Waals surface area contributed by atoms with Gasteiger partial charge in [-0.05, 0) is 31.3 Å². The second kappa shape index (κ2) is 3.96. The zero-order chi connectivity index (χ0) is 6.53. The first-order valence-corrected chi connectivity index (χ1v) is 3.96. The van der Waals surface area contributed by atoms with Gasteiger partial charge in [0.25, 0.3) is 0 Å². The first-order valence-electron chi connectivity index (χ1n) is 3.45. The predicted octanol–water partition coefficient (Wildman–Crippen LogP) is 1.53. The molecule has 1 nitrogen and oxygen atoms in total. The van der Waals surface area contributed by atoms with Gasteiger partial charge in [0.15, 0.2) is 0 Å². The van der Waals surface area contributed by atoms with E-state index in [-0.39, 0.29) is 0 Å². The Morgan fingerprint density at radius 1 is 1.33 bits per heavy atom. The van der Waals surface area contributed by atoms with Crippen molar-refractivity contribution in [3.63, 3.8) is 0 Å². The van der Waals surface area contributed by atoms with Crippen LogP contribution in [0.5, 0.6) is 0 Å². The van der Waals surface area contributed by atoms with Crippen molar-refractivity contribution in [1.29, 1.82) is 0 Å². The normalized spacial score (nSPS) is 21.9. The topological polar surface area (TPSA) is 3.24 Å². The van der Waals surface area contributed by atoms with E-state index in [0.29, 0.717) is 0 Å². The molecule has 0 radical (unpaired) electrons. The largest absolute Gasteiger partial charge is 0.300 e. The van der Waals surface area contributed by atoms with Crippen LogP contribution in [0.2, 0.25) is 0 Å². The molecule has 0 aromatic heterocycles. The maximum atomic E-state index is 3.99. The Hall–Kier alpha value is 0.0500. The molecule has 0 aliphatic carbocycles. The summed E-state index contributed by atoms with van der Waals surface area (Å²) >= 11 is 3.99. The average molecular weight is 143 g/mol. The van der Waals surface area contributed by atoms with E-state index in [4.69, 9.17) is 0 Å². The molecule has 0 bridgehead atoms. The van der Waals surface area contributed by atoms with E-state index in [9.17, 15) is 0 Å². The van der Waals surface area contributed by atoms with Crippen molar-refractivity contribution in [3.8, 4) is 0 Å². The second-order valence-corrected chi connectivity index (χ2v) is 2.69. The fraction of sp³-hybridized carbons (Fsp3) is 0.714. The molecule has 1 rings (SSSR count). The third kappa shape index (κ3) is 2.41. The summed E-state index contributed by atoms with van der Waals surface area (Å²) in [5, 5.41) is 1.82. The van der Waals surface area contributed by atoms with Crippen LogP contribution in [0, 0.1) is 0 Å². The first kappa shape index (κ1) is 7.16. The highest BCUT2D eigenvalue weighted by Gasteiger charge is 2.07. The van der Waals surface area contributed by atoms with Gasteiger partial charge in [0.1, 0.15) is 0 Å². The molecule has 9 heavy (non-hydrogen) atoms.